The van der Waals surface area contributed by atoms with Gasteiger partial charge < -0.3 is 10.1 Å². The van der Waals surface area contributed by atoms with Crippen LogP contribution in [0.15, 0.2) is 72.9 Å². The first-order chi connectivity index (χ1) is 15.9. The minimum absolute atomic E-state index is 0.233. The highest BCUT2D eigenvalue weighted by Crippen LogP contribution is 2.24. The van der Waals surface area contributed by atoms with Crippen LogP contribution in [0, 0.1) is 12.7 Å². The Morgan fingerprint density at radius 2 is 1.85 bits per heavy atom. The van der Waals surface area contributed by atoms with Gasteiger partial charge in [-0.2, -0.15) is 5.10 Å². The van der Waals surface area contributed by atoms with Gasteiger partial charge in [0.05, 0.1) is 6.54 Å². The fraction of sp³-hybridized carbons (Fsp3) is 0.120. The molecule has 0 saturated carbocycles. The summed E-state index contributed by atoms with van der Waals surface area (Å²) in [6.07, 6.45) is 1.58. The molecule has 8 heteroatoms. The number of benzene rings is 3. The maximum Gasteiger partial charge on any atom is 0.256 e. The Morgan fingerprint density at radius 1 is 1.06 bits per heavy atom. The number of rotatable bonds is 7. The summed E-state index contributed by atoms with van der Waals surface area (Å²) in [5.41, 5.74) is 2.94. The number of nitrogens with zero attached hydrogens (tertiary/aromatic N) is 2. The third-order valence-electron chi connectivity index (χ3n) is 4.90. The van der Waals surface area contributed by atoms with Crippen LogP contribution in [0.2, 0.25) is 10.0 Å². The smallest absolute Gasteiger partial charge is 0.256 e. The van der Waals surface area contributed by atoms with Gasteiger partial charge >= 0.3 is 0 Å². The van der Waals surface area contributed by atoms with Crippen molar-refractivity contribution >= 4 is 34.9 Å². The van der Waals surface area contributed by atoms with Crippen LogP contribution in [0.3, 0.4) is 0 Å². The van der Waals surface area contributed by atoms with Crippen molar-refractivity contribution in [1.82, 2.24) is 9.78 Å². The largest absolute Gasteiger partial charge is 0.489 e. The zero-order valence-electron chi connectivity index (χ0n) is 17.7. The zero-order valence-corrected chi connectivity index (χ0v) is 19.2. The second-order valence-electron chi connectivity index (χ2n) is 7.51. The van der Waals surface area contributed by atoms with E-state index in [1.165, 1.54) is 12.1 Å². The second-order valence-corrected chi connectivity index (χ2v) is 8.35. The number of hydrogen-bond donors (Lipinski definition) is 1. The lowest BCUT2D eigenvalue weighted by molar-refractivity contribution is 0.102. The van der Waals surface area contributed by atoms with E-state index in [4.69, 9.17) is 27.9 Å². The van der Waals surface area contributed by atoms with Crippen molar-refractivity contribution in [1.29, 1.82) is 0 Å². The minimum atomic E-state index is -0.350. The number of nitrogens with one attached hydrogen (secondary N) is 1. The van der Waals surface area contributed by atoms with Gasteiger partial charge in [0.15, 0.2) is 5.82 Å². The van der Waals surface area contributed by atoms with E-state index in [2.05, 4.69) is 10.4 Å². The summed E-state index contributed by atoms with van der Waals surface area (Å²) in [5, 5.41) is 7.98. The molecule has 1 N–H and O–H groups in total. The molecule has 0 atom stereocenters. The molecule has 5 nitrogen and oxygen atoms in total. The summed E-state index contributed by atoms with van der Waals surface area (Å²) < 4.78 is 20.8. The highest BCUT2D eigenvalue weighted by molar-refractivity contribution is 6.33. The minimum Gasteiger partial charge on any atom is -0.489 e. The Bertz CT molecular complexity index is 1310. The lowest BCUT2D eigenvalue weighted by Crippen LogP contribution is -2.13. The molecule has 0 saturated heterocycles. The van der Waals surface area contributed by atoms with Gasteiger partial charge in [-0.25, -0.2) is 4.39 Å². The van der Waals surface area contributed by atoms with Crippen LogP contribution in [0.5, 0.6) is 5.75 Å². The van der Waals surface area contributed by atoms with Gasteiger partial charge in [-0.3, -0.25) is 9.48 Å². The average molecular weight is 484 g/mol. The highest BCUT2D eigenvalue weighted by atomic mass is 35.5. The number of carbonyl (C=O) groups is 1. The lowest BCUT2D eigenvalue weighted by Gasteiger charge is -2.10. The third kappa shape index (κ3) is 5.92. The summed E-state index contributed by atoms with van der Waals surface area (Å²) in [6, 6.07) is 18.7. The zero-order chi connectivity index (χ0) is 23.4. The van der Waals surface area contributed by atoms with Crippen LogP contribution < -0.4 is 10.1 Å². The van der Waals surface area contributed by atoms with Crippen molar-refractivity contribution in [2.75, 3.05) is 5.32 Å². The number of aromatic nitrogens is 2. The SMILES string of the molecule is Cc1cc(Cl)ccc1OCc1cccc(C(=O)Nc2nn(Cc3cccc(F)c3)cc2Cl)c1. The fourth-order valence-corrected chi connectivity index (χ4v) is 3.73. The number of hydrogen-bond acceptors (Lipinski definition) is 3. The van der Waals surface area contributed by atoms with E-state index in [1.807, 2.05) is 25.1 Å². The Hall–Kier alpha value is -3.35. The van der Waals surface area contributed by atoms with Crippen LogP contribution in [0.4, 0.5) is 10.2 Å². The number of halogens is 3. The molecule has 0 aliphatic carbocycles. The van der Waals surface area contributed by atoms with Crippen LogP contribution in [0.1, 0.15) is 27.0 Å². The van der Waals surface area contributed by atoms with Gasteiger partial charge in [-0.15, -0.1) is 0 Å². The van der Waals surface area contributed by atoms with E-state index in [1.54, 1.807) is 47.3 Å². The van der Waals surface area contributed by atoms with Crippen molar-refractivity contribution in [3.8, 4) is 5.75 Å². The number of anilines is 1. The van der Waals surface area contributed by atoms with Crippen LogP contribution >= 0.6 is 23.2 Å². The van der Waals surface area contributed by atoms with Crippen molar-refractivity contribution in [3.63, 3.8) is 0 Å². The van der Waals surface area contributed by atoms with E-state index >= 15 is 0 Å². The normalized spacial score (nSPS) is 10.8. The van der Waals surface area contributed by atoms with Gasteiger partial charge in [0.2, 0.25) is 0 Å². The van der Waals surface area contributed by atoms with Gasteiger partial charge in [0.1, 0.15) is 23.2 Å². The van der Waals surface area contributed by atoms with Crippen LogP contribution in [-0.2, 0) is 13.2 Å². The Kier molecular flexibility index (Phi) is 6.96. The van der Waals surface area contributed by atoms with Crippen molar-refractivity contribution in [3.05, 3.63) is 111 Å². The van der Waals surface area contributed by atoms with E-state index in [0.717, 1.165) is 22.4 Å². The van der Waals surface area contributed by atoms with Crippen LogP contribution in [0.25, 0.3) is 0 Å². The standard InChI is InChI=1S/C25H20Cl2FN3O2/c1-16-10-20(26)8-9-23(16)33-15-18-5-2-6-19(11-18)25(32)29-24-22(27)14-31(30-24)13-17-4-3-7-21(28)12-17/h2-12,14H,13,15H2,1H3,(H,29,30,32). The summed E-state index contributed by atoms with van der Waals surface area (Å²) in [7, 11) is 0. The number of ether oxygens (including phenoxy) is 1. The van der Waals surface area contributed by atoms with Gasteiger partial charge in [-0.1, -0.05) is 47.5 Å². The molecular formula is C25H20Cl2FN3O2. The third-order valence-corrected chi connectivity index (χ3v) is 5.41. The molecule has 1 heterocycles. The molecule has 33 heavy (non-hydrogen) atoms. The molecule has 0 aliphatic heterocycles. The van der Waals surface area contributed by atoms with Crippen LogP contribution in [-0.4, -0.2) is 15.7 Å². The van der Waals surface area contributed by atoms with Gasteiger partial charge in [0, 0.05) is 16.8 Å². The summed E-state index contributed by atoms with van der Waals surface area (Å²) >= 11 is 12.2. The molecule has 0 radical (unpaired) electrons. The number of carbonyl (C=O) groups excluding carboxylic acids is 1. The molecule has 4 rings (SSSR count). The summed E-state index contributed by atoms with van der Waals surface area (Å²) in [5.74, 6) is 0.285. The van der Waals surface area contributed by atoms with Crippen molar-refractivity contribution < 1.29 is 13.9 Å². The molecule has 1 amide bonds. The summed E-state index contributed by atoms with van der Waals surface area (Å²) in [4.78, 5) is 12.8. The van der Waals surface area contributed by atoms with Gasteiger partial charge in [0.25, 0.3) is 5.91 Å². The Balaban J connectivity index is 1.42. The molecule has 0 unspecified atom stereocenters. The maximum absolute atomic E-state index is 13.4. The molecule has 0 fully saturated rings. The van der Waals surface area contributed by atoms with E-state index in [0.29, 0.717) is 23.7 Å². The Morgan fingerprint density at radius 3 is 2.64 bits per heavy atom. The first-order valence-electron chi connectivity index (χ1n) is 10.1. The molecular weight excluding hydrogens is 464 g/mol. The molecule has 3 aromatic carbocycles. The molecule has 0 bridgehead atoms. The van der Waals surface area contributed by atoms with Crippen molar-refractivity contribution in [2.45, 2.75) is 20.1 Å². The van der Waals surface area contributed by atoms with E-state index in [-0.39, 0.29) is 22.6 Å². The van der Waals surface area contributed by atoms with Crippen molar-refractivity contribution in [2.24, 2.45) is 0 Å². The quantitative estimate of drug-likeness (QED) is 0.325. The Labute approximate surface area is 200 Å². The highest BCUT2D eigenvalue weighted by Gasteiger charge is 2.13. The molecule has 1 aromatic heterocycles. The first-order valence-corrected chi connectivity index (χ1v) is 10.9. The average Bonchev–Trinajstić information content (AvgIpc) is 3.11. The molecule has 0 spiro atoms. The first kappa shape index (κ1) is 22.8. The number of amides is 1. The predicted octanol–water partition coefficient (Wildman–Crippen LogP) is 6.52. The molecule has 4 aromatic rings. The monoisotopic (exact) mass is 483 g/mol. The molecule has 168 valence electrons. The van der Waals surface area contributed by atoms with E-state index in [9.17, 15) is 9.18 Å². The second kappa shape index (κ2) is 10.1. The fourth-order valence-electron chi connectivity index (χ4n) is 3.30. The lowest BCUT2D eigenvalue weighted by atomic mass is 10.1. The summed E-state index contributed by atoms with van der Waals surface area (Å²) in [6.45, 7) is 2.54. The number of aryl methyl sites for hydroxylation is 1. The topological polar surface area (TPSA) is 56.1 Å². The molecule has 0 aliphatic rings. The maximum atomic E-state index is 13.4. The van der Waals surface area contributed by atoms with E-state index < -0.39 is 0 Å². The van der Waals surface area contributed by atoms with Gasteiger partial charge in [-0.05, 0) is 66.1 Å². The predicted molar refractivity (Wildman–Crippen MR) is 128 cm³/mol.